The van der Waals surface area contributed by atoms with Gasteiger partial charge in [0.05, 0.1) is 18.4 Å². The second-order valence-electron chi connectivity index (χ2n) is 8.44. The van der Waals surface area contributed by atoms with Crippen molar-refractivity contribution in [1.29, 1.82) is 5.26 Å². The number of hydrogen-bond acceptors (Lipinski definition) is 4. The average molecular weight is 467 g/mol. The van der Waals surface area contributed by atoms with Gasteiger partial charge in [-0.2, -0.15) is 18.4 Å². The molecule has 7 heteroatoms. The summed E-state index contributed by atoms with van der Waals surface area (Å²) in [6.45, 7) is 2.26. The fourth-order valence-electron chi connectivity index (χ4n) is 4.17. The second kappa shape index (κ2) is 10.1. The fraction of sp³-hybridized carbons (Fsp3) is 0.296. The minimum Gasteiger partial charge on any atom is -0.489 e. The highest BCUT2D eigenvalue weighted by Gasteiger charge is 2.47. The van der Waals surface area contributed by atoms with E-state index in [0.29, 0.717) is 23.8 Å². The maximum absolute atomic E-state index is 13.2. The Bertz CT molecular complexity index is 1140. The molecule has 3 aromatic rings. The summed E-state index contributed by atoms with van der Waals surface area (Å²) in [4.78, 5) is 1.68. The van der Waals surface area contributed by atoms with Crippen molar-refractivity contribution in [1.82, 2.24) is 0 Å². The van der Waals surface area contributed by atoms with Crippen molar-refractivity contribution >= 4 is 5.69 Å². The molecule has 0 N–H and O–H groups in total. The Morgan fingerprint density at radius 1 is 1.00 bits per heavy atom. The van der Waals surface area contributed by atoms with Crippen molar-refractivity contribution in [2.24, 2.45) is 5.92 Å². The lowest BCUT2D eigenvalue weighted by molar-refractivity contribution is -0.168. The van der Waals surface area contributed by atoms with Gasteiger partial charge in [0.1, 0.15) is 23.9 Å². The molecule has 1 heterocycles. The molecule has 0 aliphatic carbocycles. The maximum atomic E-state index is 13.2. The Morgan fingerprint density at radius 3 is 2.35 bits per heavy atom. The number of hydrogen-bond donors (Lipinski definition) is 0. The first-order valence-corrected chi connectivity index (χ1v) is 11.1. The summed E-state index contributed by atoms with van der Waals surface area (Å²) in [5.74, 6) is 0.557. The largest absolute Gasteiger partial charge is 0.489 e. The Labute approximate surface area is 197 Å². The zero-order chi connectivity index (χ0) is 24.1. The molecule has 0 bridgehead atoms. The van der Waals surface area contributed by atoms with Crippen LogP contribution in [0.15, 0.2) is 72.8 Å². The number of rotatable bonds is 7. The fourth-order valence-corrected chi connectivity index (χ4v) is 4.17. The molecule has 0 saturated carbocycles. The summed E-state index contributed by atoms with van der Waals surface area (Å²) >= 11 is 0. The summed E-state index contributed by atoms with van der Waals surface area (Å²) < 4.78 is 51.5. The van der Waals surface area contributed by atoms with E-state index in [2.05, 4.69) is 0 Å². The number of anilines is 1. The van der Waals surface area contributed by atoms with Crippen LogP contribution in [0, 0.1) is 24.2 Å². The van der Waals surface area contributed by atoms with E-state index in [-0.39, 0.29) is 19.4 Å². The normalized spacial score (nSPS) is 17.9. The molecule has 4 rings (SSSR count). The lowest BCUT2D eigenvalue weighted by atomic mass is 10.0. The first kappa shape index (κ1) is 23.5. The van der Waals surface area contributed by atoms with Crippen LogP contribution in [0.3, 0.4) is 0 Å². The third-order valence-electron chi connectivity index (χ3n) is 6.00. The molecule has 176 valence electrons. The average Bonchev–Trinajstić information content (AvgIpc) is 3.25. The smallest absolute Gasteiger partial charge is 0.393 e. The molecule has 34 heavy (non-hydrogen) atoms. The van der Waals surface area contributed by atoms with E-state index in [4.69, 9.17) is 14.7 Å². The SMILES string of the molecule is Cc1cc(OCc2ccccc2)ccc1Oc1ccc(N2CC(C(F)(F)F)CC2CC#N)cc1. The predicted octanol–water partition coefficient (Wildman–Crippen LogP) is 7.04. The highest BCUT2D eigenvalue weighted by molar-refractivity contribution is 5.52. The van der Waals surface area contributed by atoms with Crippen molar-refractivity contribution in [2.45, 2.75) is 38.6 Å². The van der Waals surface area contributed by atoms with E-state index in [1.54, 1.807) is 29.2 Å². The zero-order valence-corrected chi connectivity index (χ0v) is 18.8. The van der Waals surface area contributed by atoms with Crippen LogP contribution < -0.4 is 14.4 Å². The number of benzene rings is 3. The highest BCUT2D eigenvalue weighted by Crippen LogP contribution is 2.40. The highest BCUT2D eigenvalue weighted by atomic mass is 19.4. The van der Waals surface area contributed by atoms with E-state index in [1.165, 1.54) is 0 Å². The van der Waals surface area contributed by atoms with Gasteiger partial charge in [-0.25, -0.2) is 0 Å². The van der Waals surface area contributed by atoms with E-state index in [1.807, 2.05) is 61.5 Å². The zero-order valence-electron chi connectivity index (χ0n) is 18.8. The van der Waals surface area contributed by atoms with Crippen LogP contribution in [0.4, 0.5) is 18.9 Å². The molecule has 0 amide bonds. The lowest BCUT2D eigenvalue weighted by Crippen LogP contribution is -2.30. The minimum absolute atomic E-state index is 0.0583. The molecule has 0 aromatic heterocycles. The molecule has 2 atom stereocenters. The minimum atomic E-state index is -4.26. The first-order chi connectivity index (χ1) is 16.3. The molecule has 4 nitrogen and oxygen atoms in total. The number of nitrogens with zero attached hydrogens (tertiary/aromatic N) is 2. The van der Waals surface area contributed by atoms with Gasteiger partial charge in [-0.3, -0.25) is 0 Å². The Morgan fingerprint density at radius 2 is 1.71 bits per heavy atom. The molecule has 1 aliphatic rings. The summed E-state index contributed by atoms with van der Waals surface area (Å²) in [5.41, 5.74) is 2.63. The Kier molecular flexibility index (Phi) is 6.97. The molecule has 1 saturated heterocycles. The number of aryl methyl sites for hydroxylation is 1. The summed E-state index contributed by atoms with van der Waals surface area (Å²) in [7, 11) is 0. The van der Waals surface area contributed by atoms with Crippen LogP contribution in [-0.4, -0.2) is 18.8 Å². The number of nitriles is 1. The monoisotopic (exact) mass is 466 g/mol. The summed E-state index contributed by atoms with van der Waals surface area (Å²) in [6, 6.07) is 24.0. The molecule has 0 spiro atoms. The topological polar surface area (TPSA) is 45.5 Å². The summed E-state index contributed by atoms with van der Waals surface area (Å²) in [6.07, 6.45) is -4.27. The van der Waals surface area contributed by atoms with Gasteiger partial charge < -0.3 is 14.4 Å². The quantitative estimate of drug-likeness (QED) is 0.375. The van der Waals surface area contributed by atoms with E-state index in [0.717, 1.165) is 16.9 Å². The molecule has 3 aromatic carbocycles. The first-order valence-electron chi connectivity index (χ1n) is 11.1. The molecule has 1 fully saturated rings. The third-order valence-corrected chi connectivity index (χ3v) is 6.00. The van der Waals surface area contributed by atoms with Gasteiger partial charge in [-0.15, -0.1) is 0 Å². The molecule has 1 aliphatic heterocycles. The van der Waals surface area contributed by atoms with E-state index < -0.39 is 18.1 Å². The van der Waals surface area contributed by atoms with Gasteiger partial charge in [-0.1, -0.05) is 30.3 Å². The van der Waals surface area contributed by atoms with Crippen molar-refractivity contribution in [3.05, 3.63) is 83.9 Å². The van der Waals surface area contributed by atoms with E-state index >= 15 is 0 Å². The predicted molar refractivity (Wildman–Crippen MR) is 124 cm³/mol. The summed E-state index contributed by atoms with van der Waals surface area (Å²) in [5, 5.41) is 9.04. The van der Waals surface area contributed by atoms with Gasteiger partial charge in [-0.05, 0) is 66.9 Å². The van der Waals surface area contributed by atoms with Crippen LogP contribution >= 0.6 is 0 Å². The number of halogens is 3. The van der Waals surface area contributed by atoms with Gasteiger partial charge in [0, 0.05) is 18.3 Å². The van der Waals surface area contributed by atoms with Crippen LogP contribution in [0.5, 0.6) is 17.2 Å². The maximum Gasteiger partial charge on any atom is 0.393 e. The molecular formula is C27H25F3N2O2. The van der Waals surface area contributed by atoms with Gasteiger partial charge in [0.25, 0.3) is 0 Å². The Hall–Kier alpha value is -3.66. The van der Waals surface area contributed by atoms with Gasteiger partial charge in [0.15, 0.2) is 0 Å². The number of alkyl halides is 3. The van der Waals surface area contributed by atoms with Crippen molar-refractivity contribution in [3.8, 4) is 23.3 Å². The Balaban J connectivity index is 1.41. The van der Waals surface area contributed by atoms with E-state index in [9.17, 15) is 13.2 Å². The van der Waals surface area contributed by atoms with Crippen molar-refractivity contribution in [3.63, 3.8) is 0 Å². The van der Waals surface area contributed by atoms with Crippen LogP contribution in [-0.2, 0) is 6.61 Å². The van der Waals surface area contributed by atoms with Crippen LogP contribution in [0.25, 0.3) is 0 Å². The van der Waals surface area contributed by atoms with Crippen molar-refractivity contribution < 1.29 is 22.6 Å². The van der Waals surface area contributed by atoms with Gasteiger partial charge in [0.2, 0.25) is 0 Å². The standard InChI is InChI=1S/C27H25F3N2O2/c1-19-15-25(33-18-20-5-3-2-4-6-20)11-12-26(19)34-24-9-7-22(8-10-24)32-17-21(27(28,29)30)16-23(32)13-14-31/h2-12,15,21,23H,13,16-18H2,1H3. The molecule has 2 unspecified atom stereocenters. The van der Waals surface area contributed by atoms with Crippen molar-refractivity contribution in [2.75, 3.05) is 11.4 Å². The third kappa shape index (κ3) is 5.63. The van der Waals surface area contributed by atoms with Crippen LogP contribution in [0.2, 0.25) is 0 Å². The number of ether oxygens (including phenoxy) is 2. The molecular weight excluding hydrogens is 441 g/mol. The van der Waals surface area contributed by atoms with Crippen LogP contribution in [0.1, 0.15) is 24.0 Å². The molecule has 0 radical (unpaired) electrons. The van der Waals surface area contributed by atoms with Gasteiger partial charge >= 0.3 is 6.18 Å². The lowest BCUT2D eigenvalue weighted by Gasteiger charge is -2.25. The second-order valence-corrected chi connectivity index (χ2v) is 8.44.